The zero-order chi connectivity index (χ0) is 24.2. The lowest BCUT2D eigenvalue weighted by Gasteiger charge is -2.11. The van der Waals surface area contributed by atoms with E-state index in [1.165, 1.54) is 4.88 Å². The average molecular weight is 482 g/mol. The molecule has 178 valence electrons. The highest BCUT2D eigenvalue weighted by molar-refractivity contribution is 7.15. The molecule has 0 saturated carbocycles. The summed E-state index contributed by atoms with van der Waals surface area (Å²) >= 11 is 1.56. The second-order valence-electron chi connectivity index (χ2n) is 8.12. The topological polar surface area (TPSA) is 102 Å². The van der Waals surface area contributed by atoms with Gasteiger partial charge in [-0.05, 0) is 75.4 Å². The van der Waals surface area contributed by atoms with Crippen molar-refractivity contribution in [3.8, 4) is 16.5 Å². The van der Waals surface area contributed by atoms with Gasteiger partial charge in [-0.2, -0.15) is 5.10 Å². The number of carboxylic acid groups (broad SMARTS) is 1. The first-order chi connectivity index (χ1) is 16.4. The predicted molar refractivity (Wildman–Crippen MR) is 131 cm³/mol. The number of ether oxygens (including phenoxy) is 2. The van der Waals surface area contributed by atoms with E-state index in [0.29, 0.717) is 17.1 Å². The van der Waals surface area contributed by atoms with E-state index in [4.69, 9.17) is 9.47 Å². The van der Waals surface area contributed by atoms with Gasteiger partial charge in [0.05, 0.1) is 18.9 Å². The maximum absolute atomic E-state index is 12.1. The molecule has 0 spiro atoms. The molecule has 9 heteroatoms. The van der Waals surface area contributed by atoms with Gasteiger partial charge < -0.3 is 19.1 Å². The van der Waals surface area contributed by atoms with Gasteiger partial charge in [0.1, 0.15) is 16.5 Å². The molecule has 0 saturated heterocycles. The van der Waals surface area contributed by atoms with Gasteiger partial charge in [-0.3, -0.25) is 4.79 Å². The number of rotatable bonds is 8. The summed E-state index contributed by atoms with van der Waals surface area (Å²) in [6, 6.07) is 8.88. The van der Waals surface area contributed by atoms with E-state index in [1.54, 1.807) is 48.9 Å². The maximum atomic E-state index is 12.1. The Morgan fingerprint density at radius 2 is 1.88 bits per heavy atom. The number of hydrazone groups is 1. The van der Waals surface area contributed by atoms with E-state index in [1.807, 2.05) is 24.5 Å². The van der Waals surface area contributed by atoms with Crippen molar-refractivity contribution in [2.75, 3.05) is 13.7 Å². The lowest BCUT2D eigenvalue weighted by atomic mass is 9.95. The van der Waals surface area contributed by atoms with Crippen LogP contribution in [0.25, 0.3) is 5.00 Å². The van der Waals surface area contributed by atoms with Gasteiger partial charge in [0.15, 0.2) is 6.61 Å². The normalized spacial score (nSPS) is 13.0. The molecule has 0 radical (unpaired) electrons. The third-order valence-electron chi connectivity index (χ3n) is 5.86. The summed E-state index contributed by atoms with van der Waals surface area (Å²) in [7, 11) is 1.58. The maximum Gasteiger partial charge on any atom is 0.339 e. The number of thiophene rings is 1. The van der Waals surface area contributed by atoms with Crippen LogP contribution < -0.4 is 14.9 Å². The van der Waals surface area contributed by atoms with Crippen molar-refractivity contribution in [1.29, 1.82) is 0 Å². The highest BCUT2D eigenvalue weighted by Gasteiger charge is 2.27. The van der Waals surface area contributed by atoms with Gasteiger partial charge in [0, 0.05) is 21.8 Å². The predicted octanol–water partition coefficient (Wildman–Crippen LogP) is 4.27. The van der Waals surface area contributed by atoms with E-state index in [9.17, 15) is 14.7 Å². The molecule has 3 aromatic rings. The first-order valence-electron chi connectivity index (χ1n) is 11.0. The standard InChI is InChI=1S/C25H27N3O5S/c1-15-12-17(13-26-27-22(29)14-33-19-10-8-18(32-3)9-11-19)16(2)28(15)24-23(25(30)31)20-6-4-5-7-21(20)34-24/h8-13H,4-7,14H2,1-3H3,(H,27,29)(H,30,31)/b26-13+. The third kappa shape index (κ3) is 4.84. The number of methoxy groups -OCH3 is 1. The summed E-state index contributed by atoms with van der Waals surface area (Å²) < 4.78 is 12.5. The van der Waals surface area contributed by atoms with Crippen LogP contribution in [0, 0.1) is 13.8 Å². The highest BCUT2D eigenvalue weighted by atomic mass is 32.1. The number of carbonyl (C=O) groups is 2. The number of benzene rings is 1. The molecule has 1 amide bonds. The number of amides is 1. The van der Waals surface area contributed by atoms with E-state index in [0.717, 1.165) is 53.2 Å². The van der Waals surface area contributed by atoms with Gasteiger partial charge in [-0.25, -0.2) is 10.2 Å². The summed E-state index contributed by atoms with van der Waals surface area (Å²) in [4.78, 5) is 25.4. The molecule has 4 rings (SSSR count). The molecule has 1 aliphatic carbocycles. The summed E-state index contributed by atoms with van der Waals surface area (Å²) in [6.07, 6.45) is 5.42. The fourth-order valence-corrected chi connectivity index (χ4v) is 5.68. The first-order valence-corrected chi connectivity index (χ1v) is 11.9. The summed E-state index contributed by atoms with van der Waals surface area (Å²) in [5.41, 5.74) is 6.44. The second kappa shape index (κ2) is 10.1. The number of hydrogen-bond donors (Lipinski definition) is 2. The number of carboxylic acids is 1. The SMILES string of the molecule is COc1ccc(OCC(=O)N/N=C/c2cc(C)n(-c3sc4c(c3C(=O)O)CCCC4)c2C)cc1. The van der Waals surface area contributed by atoms with Gasteiger partial charge in [0.2, 0.25) is 0 Å². The van der Waals surface area contributed by atoms with Gasteiger partial charge in [-0.15, -0.1) is 11.3 Å². The zero-order valence-corrected chi connectivity index (χ0v) is 20.2. The fourth-order valence-electron chi connectivity index (χ4n) is 4.19. The quantitative estimate of drug-likeness (QED) is 0.370. The van der Waals surface area contributed by atoms with Crippen molar-refractivity contribution in [2.45, 2.75) is 39.5 Å². The summed E-state index contributed by atoms with van der Waals surface area (Å²) in [6.45, 7) is 3.69. The minimum absolute atomic E-state index is 0.175. The number of aromatic nitrogens is 1. The second-order valence-corrected chi connectivity index (χ2v) is 9.20. The van der Waals surface area contributed by atoms with Crippen LogP contribution >= 0.6 is 11.3 Å². The Bertz CT molecular complexity index is 1240. The molecular formula is C25H27N3O5S. The largest absolute Gasteiger partial charge is 0.497 e. The molecule has 0 atom stereocenters. The zero-order valence-electron chi connectivity index (χ0n) is 19.4. The van der Waals surface area contributed by atoms with Crippen molar-refractivity contribution < 1.29 is 24.2 Å². The molecule has 0 aliphatic heterocycles. The molecule has 2 N–H and O–H groups in total. The lowest BCUT2D eigenvalue weighted by molar-refractivity contribution is -0.123. The van der Waals surface area contributed by atoms with Crippen LogP contribution in [0.2, 0.25) is 0 Å². The molecule has 0 fully saturated rings. The number of nitrogens with zero attached hydrogens (tertiary/aromatic N) is 2. The molecule has 8 nitrogen and oxygen atoms in total. The fraction of sp³-hybridized carbons (Fsp3) is 0.320. The van der Waals surface area contributed by atoms with Crippen LogP contribution in [0.5, 0.6) is 11.5 Å². The van der Waals surface area contributed by atoms with Crippen LogP contribution in [0.15, 0.2) is 35.4 Å². The Kier molecular flexibility index (Phi) is 7.02. The molecule has 2 aromatic heterocycles. The Hall–Kier alpha value is -3.59. The van der Waals surface area contributed by atoms with Crippen LogP contribution in [0.3, 0.4) is 0 Å². The van der Waals surface area contributed by atoms with Crippen molar-refractivity contribution in [3.05, 3.63) is 63.3 Å². The minimum atomic E-state index is -0.888. The van der Waals surface area contributed by atoms with Crippen LogP contribution in [-0.2, 0) is 17.6 Å². The lowest BCUT2D eigenvalue weighted by Crippen LogP contribution is -2.24. The third-order valence-corrected chi connectivity index (χ3v) is 7.14. The molecule has 2 heterocycles. The number of carbonyl (C=O) groups excluding carboxylic acids is 1. The summed E-state index contributed by atoms with van der Waals surface area (Å²) in [5, 5.41) is 14.7. The van der Waals surface area contributed by atoms with Crippen LogP contribution in [0.4, 0.5) is 0 Å². The Morgan fingerprint density at radius 3 is 2.59 bits per heavy atom. The molecular weight excluding hydrogens is 454 g/mol. The van der Waals surface area contributed by atoms with Crippen molar-refractivity contribution >= 4 is 29.4 Å². The number of nitrogens with one attached hydrogen (secondary N) is 1. The molecule has 34 heavy (non-hydrogen) atoms. The van der Waals surface area contributed by atoms with Crippen LogP contribution in [0.1, 0.15) is 50.6 Å². The monoisotopic (exact) mass is 481 g/mol. The van der Waals surface area contributed by atoms with Crippen molar-refractivity contribution in [3.63, 3.8) is 0 Å². The Morgan fingerprint density at radius 1 is 1.18 bits per heavy atom. The number of hydrogen-bond acceptors (Lipinski definition) is 6. The highest BCUT2D eigenvalue weighted by Crippen LogP contribution is 2.38. The molecule has 0 bridgehead atoms. The van der Waals surface area contributed by atoms with E-state index < -0.39 is 5.97 Å². The van der Waals surface area contributed by atoms with E-state index in [2.05, 4.69) is 10.5 Å². The number of aryl methyl sites for hydroxylation is 2. The molecule has 0 unspecified atom stereocenters. The molecule has 1 aromatic carbocycles. The van der Waals surface area contributed by atoms with Gasteiger partial charge >= 0.3 is 5.97 Å². The van der Waals surface area contributed by atoms with Gasteiger partial charge in [0.25, 0.3) is 5.91 Å². The average Bonchev–Trinajstić information content (AvgIpc) is 3.34. The number of fused-ring (bicyclic) bond motifs is 1. The van der Waals surface area contributed by atoms with Crippen molar-refractivity contribution in [1.82, 2.24) is 9.99 Å². The van der Waals surface area contributed by atoms with E-state index >= 15 is 0 Å². The Balaban J connectivity index is 1.46. The first kappa shape index (κ1) is 23.6. The summed E-state index contributed by atoms with van der Waals surface area (Å²) in [5.74, 6) is -0.0187. The van der Waals surface area contributed by atoms with Crippen LogP contribution in [-0.4, -0.2) is 41.5 Å². The smallest absolute Gasteiger partial charge is 0.339 e. The van der Waals surface area contributed by atoms with Crippen molar-refractivity contribution in [2.24, 2.45) is 5.10 Å². The molecule has 1 aliphatic rings. The minimum Gasteiger partial charge on any atom is -0.497 e. The van der Waals surface area contributed by atoms with Gasteiger partial charge in [-0.1, -0.05) is 0 Å². The number of aromatic carboxylic acids is 1. The Labute approximate surface area is 201 Å². The van der Waals surface area contributed by atoms with E-state index in [-0.39, 0.29) is 12.5 Å².